The van der Waals surface area contributed by atoms with Crippen molar-refractivity contribution in [1.82, 2.24) is 9.97 Å². The first-order chi connectivity index (χ1) is 9.24. The second kappa shape index (κ2) is 4.53. The van der Waals surface area contributed by atoms with Crippen LogP contribution in [0.25, 0.3) is 10.9 Å². The summed E-state index contributed by atoms with van der Waals surface area (Å²) < 4.78 is 18.4. The molecule has 0 saturated carbocycles. The van der Waals surface area contributed by atoms with Crippen LogP contribution in [0.5, 0.6) is 11.5 Å². The summed E-state index contributed by atoms with van der Waals surface area (Å²) in [6, 6.07) is 10.7. The van der Waals surface area contributed by atoms with Crippen LogP contribution in [-0.4, -0.2) is 9.97 Å². The lowest BCUT2D eigenvalue weighted by molar-refractivity contribution is 0.485. The van der Waals surface area contributed by atoms with Crippen molar-refractivity contribution in [3.63, 3.8) is 0 Å². The lowest BCUT2D eigenvalue weighted by Crippen LogP contribution is -2.06. The number of benzene rings is 2. The number of H-pyrrole nitrogens is 1. The third-order valence-corrected chi connectivity index (χ3v) is 2.67. The molecule has 0 fully saturated rings. The average molecular weight is 256 g/mol. The molecule has 0 atom stereocenters. The van der Waals surface area contributed by atoms with Crippen LogP contribution in [0.2, 0.25) is 0 Å². The highest BCUT2D eigenvalue weighted by Gasteiger charge is 2.07. The van der Waals surface area contributed by atoms with Crippen molar-refractivity contribution in [3.05, 3.63) is 65.0 Å². The predicted molar refractivity (Wildman–Crippen MR) is 68.8 cm³/mol. The Balaban J connectivity index is 2.08. The fraction of sp³-hybridized carbons (Fsp3) is 0. The van der Waals surface area contributed by atoms with Gasteiger partial charge in [-0.1, -0.05) is 6.07 Å². The normalized spacial score (nSPS) is 10.6. The van der Waals surface area contributed by atoms with Crippen LogP contribution >= 0.6 is 0 Å². The topological polar surface area (TPSA) is 55.0 Å². The molecule has 1 N–H and O–H groups in total. The summed E-state index contributed by atoms with van der Waals surface area (Å²) in [5.41, 5.74) is 0.241. The van der Waals surface area contributed by atoms with Crippen LogP contribution in [-0.2, 0) is 0 Å². The standard InChI is InChI=1S/C14H9FN2O2/c15-9-4-6-10(7-5-9)19-12-3-1-2-11-13(12)16-8-17-14(11)18/h1-8H,(H,16,17,18). The van der Waals surface area contributed by atoms with Gasteiger partial charge in [0, 0.05) is 0 Å². The van der Waals surface area contributed by atoms with E-state index in [9.17, 15) is 9.18 Å². The molecule has 1 heterocycles. The summed E-state index contributed by atoms with van der Waals surface area (Å²) in [5, 5.41) is 0.446. The van der Waals surface area contributed by atoms with Gasteiger partial charge in [-0.15, -0.1) is 0 Å². The molecule has 0 spiro atoms. The number of halogens is 1. The van der Waals surface area contributed by atoms with Crippen molar-refractivity contribution in [1.29, 1.82) is 0 Å². The number of nitrogens with one attached hydrogen (secondary N) is 1. The third-order valence-electron chi connectivity index (χ3n) is 2.67. The van der Waals surface area contributed by atoms with Crippen molar-refractivity contribution in [3.8, 4) is 11.5 Å². The number of ether oxygens (including phenoxy) is 1. The van der Waals surface area contributed by atoms with Gasteiger partial charge in [-0.3, -0.25) is 4.79 Å². The van der Waals surface area contributed by atoms with Crippen LogP contribution in [0.15, 0.2) is 53.6 Å². The van der Waals surface area contributed by atoms with Gasteiger partial charge in [-0.05, 0) is 36.4 Å². The molecule has 4 nitrogen and oxygen atoms in total. The van der Waals surface area contributed by atoms with E-state index < -0.39 is 0 Å². The van der Waals surface area contributed by atoms with Crippen molar-refractivity contribution < 1.29 is 9.13 Å². The second-order valence-corrected chi connectivity index (χ2v) is 3.94. The van der Waals surface area contributed by atoms with Crippen LogP contribution < -0.4 is 10.3 Å². The first-order valence-corrected chi connectivity index (χ1v) is 5.64. The maximum Gasteiger partial charge on any atom is 0.258 e. The molecule has 2 aromatic carbocycles. The number of nitrogens with zero attached hydrogens (tertiary/aromatic N) is 1. The number of para-hydroxylation sites is 1. The van der Waals surface area contributed by atoms with Crippen molar-refractivity contribution in [2.75, 3.05) is 0 Å². The molecule has 94 valence electrons. The maximum atomic E-state index is 12.8. The number of aromatic amines is 1. The van der Waals surface area contributed by atoms with Gasteiger partial charge >= 0.3 is 0 Å². The van der Waals surface area contributed by atoms with Crippen molar-refractivity contribution >= 4 is 10.9 Å². The van der Waals surface area contributed by atoms with Gasteiger partial charge in [0.25, 0.3) is 5.56 Å². The fourth-order valence-corrected chi connectivity index (χ4v) is 1.78. The van der Waals surface area contributed by atoms with Gasteiger partial charge in [-0.2, -0.15) is 0 Å². The van der Waals surface area contributed by atoms with E-state index in [1.165, 1.54) is 30.6 Å². The first-order valence-electron chi connectivity index (χ1n) is 5.64. The first kappa shape index (κ1) is 11.4. The zero-order valence-electron chi connectivity index (χ0n) is 9.76. The van der Waals surface area contributed by atoms with Gasteiger partial charge in [0.1, 0.15) is 17.1 Å². The molecule has 0 saturated heterocycles. The van der Waals surface area contributed by atoms with Gasteiger partial charge in [0.05, 0.1) is 11.7 Å². The Hall–Kier alpha value is -2.69. The van der Waals surface area contributed by atoms with E-state index in [0.717, 1.165) is 0 Å². The zero-order valence-corrected chi connectivity index (χ0v) is 9.76. The summed E-state index contributed by atoms with van der Waals surface area (Å²) in [7, 11) is 0. The highest BCUT2D eigenvalue weighted by molar-refractivity contribution is 5.83. The summed E-state index contributed by atoms with van der Waals surface area (Å²) in [4.78, 5) is 18.2. The molecular weight excluding hydrogens is 247 g/mol. The predicted octanol–water partition coefficient (Wildman–Crippen LogP) is 2.85. The Morgan fingerprint density at radius 3 is 2.68 bits per heavy atom. The van der Waals surface area contributed by atoms with Crippen molar-refractivity contribution in [2.24, 2.45) is 0 Å². The molecule has 19 heavy (non-hydrogen) atoms. The lowest BCUT2D eigenvalue weighted by Gasteiger charge is -2.07. The quantitative estimate of drug-likeness (QED) is 0.767. The molecule has 3 rings (SSSR count). The largest absolute Gasteiger partial charge is 0.455 e. The summed E-state index contributed by atoms with van der Waals surface area (Å²) in [5.74, 6) is 0.603. The molecule has 0 aliphatic rings. The lowest BCUT2D eigenvalue weighted by atomic mass is 10.2. The van der Waals surface area contributed by atoms with Crippen LogP contribution in [0.4, 0.5) is 4.39 Å². The fourth-order valence-electron chi connectivity index (χ4n) is 1.78. The van der Waals surface area contributed by atoms with Crippen LogP contribution in [0.3, 0.4) is 0 Å². The molecule has 5 heteroatoms. The van der Waals surface area contributed by atoms with E-state index in [4.69, 9.17) is 4.74 Å². The average Bonchev–Trinajstić information content (AvgIpc) is 2.43. The molecule has 0 aliphatic heterocycles. The van der Waals surface area contributed by atoms with E-state index in [1.807, 2.05) is 0 Å². The Morgan fingerprint density at radius 1 is 1.11 bits per heavy atom. The Bertz CT molecular complexity index is 781. The highest BCUT2D eigenvalue weighted by atomic mass is 19.1. The smallest absolute Gasteiger partial charge is 0.258 e. The maximum absolute atomic E-state index is 12.8. The molecule has 3 aromatic rings. The Labute approximate surface area is 107 Å². The number of rotatable bonds is 2. The monoisotopic (exact) mass is 256 g/mol. The van der Waals surface area contributed by atoms with Gasteiger partial charge < -0.3 is 9.72 Å². The summed E-state index contributed by atoms with van der Waals surface area (Å²) in [6.45, 7) is 0. The van der Waals surface area contributed by atoms with E-state index >= 15 is 0 Å². The van der Waals surface area contributed by atoms with Gasteiger partial charge in [0.15, 0.2) is 5.75 Å². The molecule has 0 radical (unpaired) electrons. The minimum absolute atomic E-state index is 0.227. The molecule has 0 amide bonds. The molecule has 1 aromatic heterocycles. The zero-order chi connectivity index (χ0) is 13.2. The number of aromatic nitrogens is 2. The summed E-state index contributed by atoms with van der Waals surface area (Å²) in [6.07, 6.45) is 1.32. The van der Waals surface area contributed by atoms with Crippen LogP contribution in [0, 0.1) is 5.82 Å². The van der Waals surface area contributed by atoms with E-state index in [1.54, 1.807) is 18.2 Å². The summed E-state index contributed by atoms with van der Waals surface area (Å²) >= 11 is 0. The second-order valence-electron chi connectivity index (χ2n) is 3.94. The van der Waals surface area contributed by atoms with Gasteiger partial charge in [-0.25, -0.2) is 9.37 Å². The highest BCUT2D eigenvalue weighted by Crippen LogP contribution is 2.26. The van der Waals surface area contributed by atoms with E-state index in [2.05, 4.69) is 9.97 Å². The van der Waals surface area contributed by atoms with Gasteiger partial charge in [0.2, 0.25) is 0 Å². The van der Waals surface area contributed by atoms with Crippen molar-refractivity contribution in [2.45, 2.75) is 0 Å². The van der Waals surface area contributed by atoms with E-state index in [-0.39, 0.29) is 11.4 Å². The number of hydrogen-bond acceptors (Lipinski definition) is 3. The number of hydrogen-bond donors (Lipinski definition) is 1. The molecule has 0 unspecified atom stereocenters. The Morgan fingerprint density at radius 2 is 1.89 bits per heavy atom. The Kier molecular flexibility index (Phi) is 2.72. The minimum Gasteiger partial charge on any atom is -0.455 e. The SMILES string of the molecule is O=c1[nH]cnc2c(Oc3ccc(F)cc3)cccc12. The van der Waals surface area contributed by atoms with E-state index in [0.29, 0.717) is 22.4 Å². The third kappa shape index (κ3) is 2.18. The molecular formula is C14H9FN2O2. The molecule has 0 aliphatic carbocycles. The van der Waals surface area contributed by atoms with Crippen LogP contribution in [0.1, 0.15) is 0 Å². The minimum atomic E-state index is -0.333. The number of fused-ring (bicyclic) bond motifs is 1. The molecule has 0 bridgehead atoms.